The van der Waals surface area contributed by atoms with Crippen LogP contribution in [0.25, 0.3) is 0 Å². The second-order valence-electron chi connectivity index (χ2n) is 4.10. The molecular formula is C13H13NO4S2. The number of aryl methyl sites for hydroxylation is 1. The first-order chi connectivity index (χ1) is 9.44. The first kappa shape index (κ1) is 14.5. The van der Waals surface area contributed by atoms with E-state index in [0.717, 1.165) is 0 Å². The molecule has 0 bridgehead atoms. The Hall–Kier alpha value is -1.86. The van der Waals surface area contributed by atoms with Gasteiger partial charge in [0, 0.05) is 5.38 Å². The summed E-state index contributed by atoms with van der Waals surface area (Å²) in [6.07, 6.45) is 0.528. The molecule has 0 saturated carbocycles. The number of anilines is 1. The lowest BCUT2D eigenvalue weighted by molar-refractivity contribution is 0.0695. The van der Waals surface area contributed by atoms with Crippen LogP contribution >= 0.6 is 11.3 Å². The molecule has 5 nitrogen and oxygen atoms in total. The van der Waals surface area contributed by atoms with Crippen LogP contribution in [-0.2, 0) is 16.4 Å². The Balaban J connectivity index is 2.42. The molecule has 0 unspecified atom stereocenters. The van der Waals surface area contributed by atoms with Crippen molar-refractivity contribution < 1.29 is 18.3 Å². The molecule has 0 radical (unpaired) electrons. The number of hydrogen-bond acceptors (Lipinski definition) is 4. The van der Waals surface area contributed by atoms with Crippen molar-refractivity contribution in [3.8, 4) is 0 Å². The fourth-order valence-electron chi connectivity index (χ4n) is 1.77. The lowest BCUT2D eigenvalue weighted by Gasteiger charge is -2.09. The summed E-state index contributed by atoms with van der Waals surface area (Å²) in [5.41, 5.74) is 1.08. The second-order valence-corrected chi connectivity index (χ2v) is 6.56. The maximum atomic E-state index is 12.2. The molecule has 2 rings (SSSR count). The van der Waals surface area contributed by atoms with Gasteiger partial charge in [0.05, 0.1) is 16.1 Å². The highest BCUT2D eigenvalue weighted by atomic mass is 32.2. The van der Waals surface area contributed by atoms with Crippen molar-refractivity contribution in [2.45, 2.75) is 18.2 Å². The highest BCUT2D eigenvalue weighted by Crippen LogP contribution is 2.21. The quantitative estimate of drug-likeness (QED) is 0.889. The minimum Gasteiger partial charge on any atom is -0.478 e. The number of carbonyl (C=O) groups is 1. The van der Waals surface area contributed by atoms with E-state index in [-0.39, 0.29) is 10.5 Å². The van der Waals surface area contributed by atoms with Crippen LogP contribution in [0.1, 0.15) is 22.8 Å². The topological polar surface area (TPSA) is 83.5 Å². The van der Waals surface area contributed by atoms with E-state index in [2.05, 4.69) is 4.72 Å². The van der Waals surface area contributed by atoms with Crippen LogP contribution in [-0.4, -0.2) is 19.5 Å². The molecule has 1 heterocycles. The number of rotatable bonds is 5. The minimum atomic E-state index is -3.77. The molecule has 0 spiro atoms. The predicted octanol–water partition coefficient (Wildman–Crippen LogP) is 2.81. The van der Waals surface area contributed by atoms with Crippen molar-refractivity contribution in [2.75, 3.05) is 4.72 Å². The van der Waals surface area contributed by atoms with Gasteiger partial charge in [-0.2, -0.15) is 11.3 Å². The molecule has 20 heavy (non-hydrogen) atoms. The van der Waals surface area contributed by atoms with E-state index in [0.29, 0.717) is 17.7 Å². The lowest BCUT2D eigenvalue weighted by Crippen LogP contribution is -2.14. The molecule has 0 atom stereocenters. The molecule has 1 aromatic carbocycles. The number of carboxylic acids is 1. The summed E-state index contributed by atoms with van der Waals surface area (Å²) >= 11 is 1.37. The first-order valence-electron chi connectivity index (χ1n) is 5.85. The van der Waals surface area contributed by atoms with E-state index in [1.807, 2.05) is 6.92 Å². The highest BCUT2D eigenvalue weighted by Gasteiger charge is 2.18. The molecule has 0 aliphatic heterocycles. The molecule has 2 aromatic rings. The van der Waals surface area contributed by atoms with Crippen molar-refractivity contribution in [3.05, 3.63) is 46.2 Å². The van der Waals surface area contributed by atoms with Gasteiger partial charge in [-0.1, -0.05) is 13.0 Å². The number of aromatic carboxylic acids is 1. The first-order valence-corrected chi connectivity index (χ1v) is 8.28. The van der Waals surface area contributed by atoms with E-state index < -0.39 is 16.0 Å². The molecule has 0 aliphatic carbocycles. The molecule has 1 aromatic heterocycles. The Labute approximate surface area is 120 Å². The summed E-state index contributed by atoms with van der Waals surface area (Å²) in [5.74, 6) is -1.13. The van der Waals surface area contributed by atoms with Crippen molar-refractivity contribution >= 4 is 33.0 Å². The lowest BCUT2D eigenvalue weighted by atomic mass is 10.1. The van der Waals surface area contributed by atoms with Gasteiger partial charge < -0.3 is 5.11 Å². The number of sulfonamides is 1. The Kier molecular flexibility index (Phi) is 4.10. The highest BCUT2D eigenvalue weighted by molar-refractivity contribution is 7.92. The van der Waals surface area contributed by atoms with Gasteiger partial charge in [0.15, 0.2) is 0 Å². The largest absolute Gasteiger partial charge is 0.478 e. The smallest absolute Gasteiger partial charge is 0.336 e. The zero-order valence-electron chi connectivity index (χ0n) is 10.7. The summed E-state index contributed by atoms with van der Waals surface area (Å²) in [6.45, 7) is 1.82. The molecular weight excluding hydrogens is 298 g/mol. The summed E-state index contributed by atoms with van der Waals surface area (Å²) in [4.78, 5) is 11.1. The van der Waals surface area contributed by atoms with Crippen molar-refractivity contribution in [1.29, 1.82) is 0 Å². The average Bonchev–Trinajstić information content (AvgIpc) is 2.89. The van der Waals surface area contributed by atoms with Gasteiger partial charge in [0.2, 0.25) is 0 Å². The standard InChI is InChI=1S/C13H13NO4S2/c1-2-9-3-4-11(7-12(9)13(15)16)20(17,18)14-10-5-6-19-8-10/h3-8,14H,2H2,1H3,(H,15,16). The summed E-state index contributed by atoms with van der Waals surface area (Å²) in [5, 5.41) is 12.5. The third-order valence-electron chi connectivity index (χ3n) is 2.78. The van der Waals surface area contributed by atoms with Gasteiger partial charge in [-0.15, -0.1) is 0 Å². The SMILES string of the molecule is CCc1ccc(S(=O)(=O)Nc2ccsc2)cc1C(=O)O. The van der Waals surface area contributed by atoms with Gasteiger partial charge in [0.1, 0.15) is 0 Å². The van der Waals surface area contributed by atoms with Crippen LogP contribution in [0.3, 0.4) is 0 Å². The zero-order chi connectivity index (χ0) is 14.8. The fourth-order valence-corrected chi connectivity index (χ4v) is 3.50. The van der Waals surface area contributed by atoms with Crippen molar-refractivity contribution in [2.24, 2.45) is 0 Å². The van der Waals surface area contributed by atoms with Crippen LogP contribution in [0.5, 0.6) is 0 Å². The van der Waals surface area contributed by atoms with E-state index in [1.165, 1.54) is 29.5 Å². The fraction of sp³-hybridized carbons (Fsp3) is 0.154. The Bertz CT molecular complexity index is 721. The van der Waals surface area contributed by atoms with Crippen molar-refractivity contribution in [1.82, 2.24) is 0 Å². The van der Waals surface area contributed by atoms with Gasteiger partial charge in [-0.3, -0.25) is 4.72 Å². The van der Waals surface area contributed by atoms with Gasteiger partial charge in [-0.25, -0.2) is 13.2 Å². The summed E-state index contributed by atoms with van der Waals surface area (Å²) in [6, 6.07) is 5.78. The number of carboxylic acid groups (broad SMARTS) is 1. The van der Waals surface area contributed by atoms with Crippen LogP contribution < -0.4 is 4.72 Å². The third kappa shape index (κ3) is 3.00. The normalized spacial score (nSPS) is 11.2. The molecule has 0 saturated heterocycles. The molecule has 0 fully saturated rings. The Morgan fingerprint density at radius 3 is 2.65 bits per heavy atom. The van der Waals surface area contributed by atoms with E-state index in [9.17, 15) is 13.2 Å². The number of thiophene rings is 1. The van der Waals surface area contributed by atoms with Gasteiger partial charge in [0.25, 0.3) is 10.0 Å². The monoisotopic (exact) mass is 311 g/mol. The molecule has 2 N–H and O–H groups in total. The second kappa shape index (κ2) is 5.64. The number of hydrogen-bond donors (Lipinski definition) is 2. The Morgan fingerprint density at radius 1 is 1.35 bits per heavy atom. The summed E-state index contributed by atoms with van der Waals surface area (Å²) < 4.78 is 26.8. The molecule has 7 heteroatoms. The van der Waals surface area contributed by atoms with Crippen LogP contribution in [0, 0.1) is 0 Å². The maximum absolute atomic E-state index is 12.2. The number of nitrogens with one attached hydrogen (secondary N) is 1. The van der Waals surface area contributed by atoms with Crippen LogP contribution in [0.15, 0.2) is 39.9 Å². The van der Waals surface area contributed by atoms with Crippen molar-refractivity contribution in [3.63, 3.8) is 0 Å². The molecule has 0 aliphatic rings. The van der Waals surface area contributed by atoms with Crippen LogP contribution in [0.4, 0.5) is 5.69 Å². The zero-order valence-corrected chi connectivity index (χ0v) is 12.3. The minimum absolute atomic E-state index is 0.0145. The number of benzene rings is 1. The predicted molar refractivity (Wildman–Crippen MR) is 77.9 cm³/mol. The van der Waals surface area contributed by atoms with E-state index in [4.69, 9.17) is 5.11 Å². The van der Waals surface area contributed by atoms with Crippen LogP contribution in [0.2, 0.25) is 0 Å². The van der Waals surface area contributed by atoms with Gasteiger partial charge >= 0.3 is 5.97 Å². The van der Waals surface area contributed by atoms with E-state index in [1.54, 1.807) is 16.8 Å². The summed E-state index contributed by atoms with van der Waals surface area (Å²) in [7, 11) is -3.77. The average molecular weight is 311 g/mol. The third-order valence-corrected chi connectivity index (χ3v) is 4.84. The molecule has 0 amide bonds. The van der Waals surface area contributed by atoms with Gasteiger partial charge in [-0.05, 0) is 35.6 Å². The molecule has 106 valence electrons. The Morgan fingerprint density at radius 2 is 2.10 bits per heavy atom. The van der Waals surface area contributed by atoms with E-state index >= 15 is 0 Å². The maximum Gasteiger partial charge on any atom is 0.336 e.